The summed E-state index contributed by atoms with van der Waals surface area (Å²) >= 11 is 0. The lowest BCUT2D eigenvalue weighted by atomic mass is 9.85. The van der Waals surface area contributed by atoms with Gasteiger partial charge in [-0.2, -0.15) is 0 Å². The number of amides is 1. The lowest BCUT2D eigenvalue weighted by Gasteiger charge is -2.27. The van der Waals surface area contributed by atoms with Gasteiger partial charge in [0.2, 0.25) is 0 Å². The average molecular weight is 472 g/mol. The van der Waals surface area contributed by atoms with Gasteiger partial charge in [0.1, 0.15) is 17.3 Å². The molecule has 1 fully saturated rings. The number of carbonyl (C=O) groups is 2. The van der Waals surface area contributed by atoms with Crippen LogP contribution in [-0.2, 0) is 15.0 Å². The van der Waals surface area contributed by atoms with Crippen LogP contribution in [0.3, 0.4) is 0 Å². The van der Waals surface area contributed by atoms with Gasteiger partial charge in [0.25, 0.3) is 11.7 Å². The van der Waals surface area contributed by atoms with E-state index in [0.717, 1.165) is 5.56 Å². The fourth-order valence-corrected chi connectivity index (χ4v) is 4.33. The van der Waals surface area contributed by atoms with Crippen LogP contribution < -0.4 is 14.4 Å². The Balaban J connectivity index is 1.96. The van der Waals surface area contributed by atoms with Gasteiger partial charge in [0.05, 0.1) is 31.4 Å². The molecule has 1 amide bonds. The van der Waals surface area contributed by atoms with E-state index in [9.17, 15) is 14.7 Å². The number of para-hydroxylation sites is 1. The van der Waals surface area contributed by atoms with Crippen molar-refractivity contribution in [2.45, 2.75) is 32.2 Å². The van der Waals surface area contributed by atoms with E-state index in [-0.39, 0.29) is 16.7 Å². The molecule has 0 spiro atoms. The third-order valence-electron chi connectivity index (χ3n) is 6.23. The first-order valence-electron chi connectivity index (χ1n) is 11.4. The Morgan fingerprint density at radius 3 is 2.20 bits per heavy atom. The number of nitrogens with zero attached hydrogens (tertiary/aromatic N) is 1. The lowest BCUT2D eigenvalue weighted by Crippen LogP contribution is -2.29. The summed E-state index contributed by atoms with van der Waals surface area (Å²) in [7, 11) is 3.03. The predicted molar refractivity (Wildman–Crippen MR) is 136 cm³/mol. The van der Waals surface area contributed by atoms with Crippen LogP contribution in [0.15, 0.2) is 78.4 Å². The number of Topliss-reactive ketones (excluding diaryl/α,β-unsaturated/α-hetero) is 1. The number of ether oxygens (including phenoxy) is 2. The van der Waals surface area contributed by atoms with Gasteiger partial charge in [0.15, 0.2) is 0 Å². The Morgan fingerprint density at radius 1 is 0.886 bits per heavy atom. The summed E-state index contributed by atoms with van der Waals surface area (Å²) in [6.45, 7) is 6.35. The number of ketones is 1. The third kappa shape index (κ3) is 4.39. The van der Waals surface area contributed by atoms with Gasteiger partial charge < -0.3 is 14.6 Å². The van der Waals surface area contributed by atoms with Gasteiger partial charge >= 0.3 is 0 Å². The highest BCUT2D eigenvalue weighted by atomic mass is 16.5. The number of rotatable bonds is 5. The van der Waals surface area contributed by atoms with Crippen LogP contribution in [-0.4, -0.2) is 31.0 Å². The second-order valence-electron chi connectivity index (χ2n) is 9.44. The highest BCUT2D eigenvalue weighted by Crippen LogP contribution is 2.44. The summed E-state index contributed by atoms with van der Waals surface area (Å²) in [5.74, 6) is -0.813. The Kier molecular flexibility index (Phi) is 6.39. The Labute approximate surface area is 205 Å². The fraction of sp³-hybridized carbons (Fsp3) is 0.241. The maximum atomic E-state index is 13.4. The van der Waals surface area contributed by atoms with Gasteiger partial charge in [-0.1, -0.05) is 63.2 Å². The molecule has 35 heavy (non-hydrogen) atoms. The molecule has 3 aromatic rings. The lowest BCUT2D eigenvalue weighted by molar-refractivity contribution is -0.132. The molecule has 4 rings (SSSR count). The molecule has 3 aromatic carbocycles. The smallest absolute Gasteiger partial charge is 0.300 e. The third-order valence-corrected chi connectivity index (χ3v) is 6.23. The van der Waals surface area contributed by atoms with Gasteiger partial charge in [-0.05, 0) is 40.8 Å². The molecular formula is C29H29NO5. The summed E-state index contributed by atoms with van der Waals surface area (Å²) in [4.78, 5) is 28.2. The molecule has 1 saturated heterocycles. The molecule has 0 bridgehead atoms. The molecule has 1 aliphatic heterocycles. The molecule has 1 heterocycles. The quantitative estimate of drug-likeness (QED) is 0.297. The first-order chi connectivity index (χ1) is 16.7. The second-order valence-corrected chi connectivity index (χ2v) is 9.44. The van der Waals surface area contributed by atoms with Gasteiger partial charge in [0, 0.05) is 11.8 Å². The Morgan fingerprint density at radius 2 is 1.57 bits per heavy atom. The molecule has 6 nitrogen and oxygen atoms in total. The minimum Gasteiger partial charge on any atom is -0.507 e. The van der Waals surface area contributed by atoms with Crippen LogP contribution in [0, 0.1) is 0 Å². The van der Waals surface area contributed by atoms with Crippen molar-refractivity contribution in [3.63, 3.8) is 0 Å². The number of hydrogen-bond donors (Lipinski definition) is 1. The van der Waals surface area contributed by atoms with Crippen molar-refractivity contribution in [1.82, 2.24) is 0 Å². The molecule has 1 aliphatic rings. The monoisotopic (exact) mass is 471 g/mol. The van der Waals surface area contributed by atoms with Crippen molar-refractivity contribution in [2.24, 2.45) is 0 Å². The summed E-state index contributed by atoms with van der Waals surface area (Å²) in [6, 6.07) is 20.8. The molecule has 0 aliphatic carbocycles. The number of aliphatic hydroxyl groups is 1. The van der Waals surface area contributed by atoms with E-state index in [0.29, 0.717) is 28.3 Å². The molecular weight excluding hydrogens is 442 g/mol. The van der Waals surface area contributed by atoms with Crippen molar-refractivity contribution in [3.05, 3.63) is 95.1 Å². The molecule has 180 valence electrons. The fourth-order valence-electron chi connectivity index (χ4n) is 4.33. The zero-order valence-electron chi connectivity index (χ0n) is 20.5. The van der Waals surface area contributed by atoms with Crippen LogP contribution in [0.2, 0.25) is 0 Å². The summed E-state index contributed by atoms with van der Waals surface area (Å²) in [5.41, 5.74) is 2.60. The minimum atomic E-state index is -0.832. The van der Waals surface area contributed by atoms with Crippen LogP contribution in [0.1, 0.15) is 43.5 Å². The first-order valence-corrected chi connectivity index (χ1v) is 11.4. The largest absolute Gasteiger partial charge is 0.507 e. The van der Waals surface area contributed by atoms with Gasteiger partial charge in [-0.15, -0.1) is 0 Å². The highest BCUT2D eigenvalue weighted by Gasteiger charge is 2.47. The van der Waals surface area contributed by atoms with E-state index in [1.54, 1.807) is 48.5 Å². The molecule has 1 unspecified atom stereocenters. The zero-order valence-corrected chi connectivity index (χ0v) is 20.5. The van der Waals surface area contributed by atoms with E-state index >= 15 is 0 Å². The molecule has 0 aromatic heterocycles. The second kappa shape index (κ2) is 9.29. The van der Waals surface area contributed by atoms with Crippen LogP contribution >= 0.6 is 0 Å². The number of benzene rings is 3. The zero-order chi connectivity index (χ0) is 25.3. The van der Waals surface area contributed by atoms with Gasteiger partial charge in [-0.25, -0.2) is 0 Å². The molecule has 0 saturated carbocycles. The summed E-state index contributed by atoms with van der Waals surface area (Å²) in [5, 5.41) is 11.4. The number of methoxy groups -OCH3 is 2. The van der Waals surface area contributed by atoms with Crippen LogP contribution in [0.5, 0.6) is 11.5 Å². The number of aliphatic hydroxyl groups excluding tert-OH is 1. The first kappa shape index (κ1) is 24.1. The molecule has 1 N–H and O–H groups in total. The number of anilines is 1. The SMILES string of the molecule is COc1cccc(N2C(=O)C(=O)/C(=C(/O)c3ccccc3OC)C2c2ccc(C(C)(C)C)cc2)c1. The van der Waals surface area contributed by atoms with Crippen LogP contribution in [0.4, 0.5) is 5.69 Å². The normalized spacial score (nSPS) is 17.5. The molecule has 6 heteroatoms. The van der Waals surface area contributed by atoms with Crippen LogP contribution in [0.25, 0.3) is 5.76 Å². The van der Waals surface area contributed by atoms with Crippen molar-refractivity contribution >= 4 is 23.1 Å². The molecule has 1 atom stereocenters. The Hall–Kier alpha value is -4.06. The predicted octanol–water partition coefficient (Wildman–Crippen LogP) is 5.63. The molecule has 0 radical (unpaired) electrons. The standard InChI is InChI=1S/C29H29NO5/c1-29(2,3)19-15-13-18(14-16-19)25-24(26(31)22-11-6-7-12-23(22)35-5)27(32)28(33)30(25)20-9-8-10-21(17-20)34-4/h6-17,25,31H,1-5H3/b26-24+. The van der Waals surface area contributed by atoms with Crippen molar-refractivity contribution < 1.29 is 24.2 Å². The maximum Gasteiger partial charge on any atom is 0.300 e. The minimum absolute atomic E-state index is 0.00540. The van der Waals surface area contributed by atoms with Crippen molar-refractivity contribution in [1.29, 1.82) is 0 Å². The van der Waals surface area contributed by atoms with E-state index in [4.69, 9.17) is 9.47 Å². The highest BCUT2D eigenvalue weighted by molar-refractivity contribution is 6.51. The van der Waals surface area contributed by atoms with Crippen molar-refractivity contribution in [3.8, 4) is 11.5 Å². The van der Waals surface area contributed by atoms with Gasteiger partial charge in [-0.3, -0.25) is 14.5 Å². The topological polar surface area (TPSA) is 76.1 Å². The average Bonchev–Trinajstić information content (AvgIpc) is 3.13. The van der Waals surface area contributed by atoms with E-state index in [2.05, 4.69) is 20.8 Å². The van der Waals surface area contributed by atoms with E-state index in [1.165, 1.54) is 19.1 Å². The summed E-state index contributed by atoms with van der Waals surface area (Å²) < 4.78 is 10.7. The van der Waals surface area contributed by atoms with Crippen molar-refractivity contribution in [2.75, 3.05) is 19.1 Å². The van der Waals surface area contributed by atoms with E-state index in [1.807, 2.05) is 24.3 Å². The maximum absolute atomic E-state index is 13.4. The number of hydrogen-bond acceptors (Lipinski definition) is 5. The Bertz CT molecular complexity index is 1300. The number of carbonyl (C=O) groups excluding carboxylic acids is 2. The van der Waals surface area contributed by atoms with E-state index < -0.39 is 17.7 Å². The summed E-state index contributed by atoms with van der Waals surface area (Å²) in [6.07, 6.45) is 0.